The summed E-state index contributed by atoms with van der Waals surface area (Å²) >= 11 is 1.69. The van der Waals surface area contributed by atoms with Crippen molar-refractivity contribution in [2.75, 3.05) is 45.7 Å². The van der Waals surface area contributed by atoms with Gasteiger partial charge in [0.1, 0.15) is 0 Å². The van der Waals surface area contributed by atoms with Crippen LogP contribution in [0.1, 0.15) is 17.0 Å². The summed E-state index contributed by atoms with van der Waals surface area (Å²) in [5, 5.41) is 1.06. The van der Waals surface area contributed by atoms with Gasteiger partial charge in [-0.3, -0.25) is 0 Å². The first-order valence-corrected chi connectivity index (χ1v) is 7.53. The first kappa shape index (κ1) is 14.7. The van der Waals surface area contributed by atoms with Crippen molar-refractivity contribution in [1.29, 1.82) is 0 Å². The molecule has 1 aliphatic rings. The van der Waals surface area contributed by atoms with E-state index in [2.05, 4.69) is 28.9 Å². The molecule has 2 rings (SSSR count). The molecule has 2 heterocycles. The molecule has 1 unspecified atom stereocenters. The van der Waals surface area contributed by atoms with Gasteiger partial charge >= 0.3 is 0 Å². The van der Waals surface area contributed by atoms with Crippen molar-refractivity contribution in [2.45, 2.75) is 19.6 Å². The van der Waals surface area contributed by atoms with Gasteiger partial charge in [0.05, 0.1) is 12.3 Å². The second kappa shape index (κ2) is 6.65. The average Bonchev–Trinajstić information content (AvgIpc) is 2.96. The molecule has 5 nitrogen and oxygen atoms in total. The highest BCUT2D eigenvalue weighted by Crippen LogP contribution is 2.27. The third kappa shape index (κ3) is 3.66. The van der Waals surface area contributed by atoms with Crippen molar-refractivity contribution < 1.29 is 4.74 Å². The Labute approximate surface area is 119 Å². The molecule has 6 heteroatoms. The predicted octanol–water partition coefficient (Wildman–Crippen LogP) is 1.14. The summed E-state index contributed by atoms with van der Waals surface area (Å²) in [6, 6.07) is 0. The second-order valence-electron chi connectivity index (χ2n) is 5.30. The number of nitrogens with two attached hydrogens (primary N) is 1. The van der Waals surface area contributed by atoms with Crippen LogP contribution in [0, 0.1) is 5.92 Å². The molecule has 1 aromatic rings. The average molecular weight is 284 g/mol. The summed E-state index contributed by atoms with van der Waals surface area (Å²) in [5.74, 6) is 0.742. The number of likely N-dealkylation sites (tertiary alicyclic amines) is 1. The molecule has 0 spiro atoms. The molecule has 0 aromatic carbocycles. The fourth-order valence-corrected chi connectivity index (χ4v) is 3.49. The van der Waals surface area contributed by atoms with Gasteiger partial charge in [-0.1, -0.05) is 0 Å². The molecule has 1 saturated heterocycles. The fraction of sp³-hybridized carbons (Fsp3) is 0.769. The molecule has 1 fully saturated rings. The zero-order chi connectivity index (χ0) is 13.8. The van der Waals surface area contributed by atoms with Gasteiger partial charge < -0.3 is 20.3 Å². The topological polar surface area (TPSA) is 54.6 Å². The molecule has 0 bridgehead atoms. The first-order chi connectivity index (χ1) is 9.13. The molecule has 0 aliphatic carbocycles. The van der Waals surface area contributed by atoms with Crippen molar-refractivity contribution in [3.63, 3.8) is 0 Å². The van der Waals surface area contributed by atoms with Gasteiger partial charge in [-0.25, -0.2) is 4.98 Å². The molecule has 2 N–H and O–H groups in total. The maximum atomic E-state index is 5.77. The van der Waals surface area contributed by atoms with Gasteiger partial charge in [0.2, 0.25) is 0 Å². The minimum absolute atomic E-state index is 0.538. The van der Waals surface area contributed by atoms with Crippen molar-refractivity contribution in [2.24, 2.45) is 11.7 Å². The van der Waals surface area contributed by atoms with Crippen molar-refractivity contribution in [1.82, 2.24) is 9.88 Å². The minimum atomic E-state index is 0.538. The molecular formula is C13H24N4OS. The quantitative estimate of drug-likeness (QED) is 0.849. The third-order valence-electron chi connectivity index (χ3n) is 3.58. The van der Waals surface area contributed by atoms with Crippen LogP contribution in [0.15, 0.2) is 0 Å². The van der Waals surface area contributed by atoms with E-state index < -0.39 is 0 Å². The lowest BCUT2D eigenvalue weighted by atomic mass is 10.1. The van der Waals surface area contributed by atoms with E-state index in [1.165, 1.54) is 19.5 Å². The standard InChI is InChI=1S/C13H24N4OS/c1-16-5-4-10(7-16)8-17(2)13-15-11(9-18-3)12(6-14)19-13/h10H,4-9,14H2,1-3H3. The lowest BCUT2D eigenvalue weighted by Crippen LogP contribution is -2.27. The highest BCUT2D eigenvalue weighted by molar-refractivity contribution is 7.15. The highest BCUT2D eigenvalue weighted by atomic mass is 32.1. The van der Waals surface area contributed by atoms with Gasteiger partial charge in [-0.15, -0.1) is 11.3 Å². The predicted molar refractivity (Wildman–Crippen MR) is 79.6 cm³/mol. The maximum absolute atomic E-state index is 5.77. The summed E-state index contributed by atoms with van der Waals surface area (Å²) in [6.07, 6.45) is 1.28. The number of ether oxygens (including phenoxy) is 1. The van der Waals surface area contributed by atoms with Crippen LogP contribution in [0.4, 0.5) is 5.13 Å². The van der Waals surface area contributed by atoms with Gasteiger partial charge in [-0.05, 0) is 25.9 Å². The minimum Gasteiger partial charge on any atom is -0.378 e. The Bertz CT molecular complexity index is 409. The smallest absolute Gasteiger partial charge is 0.185 e. The number of rotatable bonds is 6. The van der Waals surface area contributed by atoms with Crippen molar-refractivity contribution in [3.05, 3.63) is 10.6 Å². The van der Waals surface area contributed by atoms with E-state index >= 15 is 0 Å². The number of anilines is 1. The van der Waals surface area contributed by atoms with Crippen LogP contribution in [0.5, 0.6) is 0 Å². The van der Waals surface area contributed by atoms with Gasteiger partial charge in [0.15, 0.2) is 5.13 Å². The summed E-state index contributed by atoms with van der Waals surface area (Å²) < 4.78 is 5.17. The summed E-state index contributed by atoms with van der Waals surface area (Å²) in [6.45, 7) is 4.54. The molecule has 19 heavy (non-hydrogen) atoms. The van der Waals surface area contributed by atoms with Crippen LogP contribution in [0.25, 0.3) is 0 Å². The van der Waals surface area contributed by atoms with E-state index in [9.17, 15) is 0 Å². The SMILES string of the molecule is COCc1nc(N(C)CC2CCN(C)C2)sc1CN. The third-order valence-corrected chi connectivity index (χ3v) is 4.82. The summed E-state index contributed by atoms with van der Waals surface area (Å²) in [7, 11) is 6.00. The molecular weight excluding hydrogens is 260 g/mol. The molecule has 1 aromatic heterocycles. The van der Waals surface area contributed by atoms with Gasteiger partial charge in [0.25, 0.3) is 0 Å². The molecule has 0 saturated carbocycles. The Balaban J connectivity index is 2.00. The number of hydrogen-bond acceptors (Lipinski definition) is 6. The number of hydrogen-bond donors (Lipinski definition) is 1. The molecule has 108 valence electrons. The Morgan fingerprint density at radius 1 is 1.58 bits per heavy atom. The molecule has 0 radical (unpaired) electrons. The van der Waals surface area contributed by atoms with Crippen molar-refractivity contribution in [3.8, 4) is 0 Å². The van der Waals surface area contributed by atoms with Crippen LogP contribution in [-0.2, 0) is 17.9 Å². The zero-order valence-corrected chi connectivity index (χ0v) is 12.9. The Hall–Kier alpha value is -0.690. The van der Waals surface area contributed by atoms with Crippen LogP contribution >= 0.6 is 11.3 Å². The van der Waals surface area contributed by atoms with E-state index in [0.717, 1.165) is 28.2 Å². The van der Waals surface area contributed by atoms with Crippen molar-refractivity contribution >= 4 is 16.5 Å². The lowest BCUT2D eigenvalue weighted by Gasteiger charge is -2.20. The Morgan fingerprint density at radius 2 is 2.37 bits per heavy atom. The van der Waals surface area contributed by atoms with Crippen LogP contribution < -0.4 is 10.6 Å². The Morgan fingerprint density at radius 3 is 2.95 bits per heavy atom. The Kier molecular flexibility index (Phi) is 5.15. The monoisotopic (exact) mass is 284 g/mol. The largest absolute Gasteiger partial charge is 0.378 e. The number of thiazole rings is 1. The second-order valence-corrected chi connectivity index (χ2v) is 6.36. The first-order valence-electron chi connectivity index (χ1n) is 6.71. The van der Waals surface area contributed by atoms with Crippen LogP contribution in [0.2, 0.25) is 0 Å². The fourth-order valence-electron chi connectivity index (χ4n) is 2.58. The zero-order valence-electron chi connectivity index (χ0n) is 12.1. The van der Waals surface area contributed by atoms with Gasteiger partial charge in [-0.2, -0.15) is 0 Å². The number of nitrogens with zero attached hydrogens (tertiary/aromatic N) is 3. The van der Waals surface area contributed by atoms with E-state index in [-0.39, 0.29) is 0 Å². The summed E-state index contributed by atoms with van der Waals surface area (Å²) in [5.41, 5.74) is 6.75. The van der Waals surface area contributed by atoms with Crippen LogP contribution in [-0.4, -0.2) is 50.7 Å². The highest BCUT2D eigenvalue weighted by Gasteiger charge is 2.22. The number of methoxy groups -OCH3 is 1. The number of aromatic nitrogens is 1. The van der Waals surface area contributed by atoms with Gasteiger partial charge in [0, 0.05) is 38.7 Å². The normalized spacial score (nSPS) is 20.1. The molecule has 0 amide bonds. The van der Waals surface area contributed by atoms with E-state index in [4.69, 9.17) is 10.5 Å². The lowest BCUT2D eigenvalue weighted by molar-refractivity contribution is 0.181. The summed E-state index contributed by atoms with van der Waals surface area (Å²) in [4.78, 5) is 10.4. The van der Waals surface area contributed by atoms with E-state index in [0.29, 0.717) is 13.2 Å². The maximum Gasteiger partial charge on any atom is 0.185 e. The van der Waals surface area contributed by atoms with Crippen LogP contribution in [0.3, 0.4) is 0 Å². The van der Waals surface area contributed by atoms with E-state index in [1.807, 2.05) is 0 Å². The molecule has 1 aliphatic heterocycles. The van der Waals surface area contributed by atoms with E-state index in [1.54, 1.807) is 18.4 Å². The molecule has 1 atom stereocenters.